The Kier molecular flexibility index (Phi) is 4.94. The second-order valence-electron chi connectivity index (χ2n) is 6.65. The zero-order valence-corrected chi connectivity index (χ0v) is 15.4. The number of carbonyl (C=O) groups excluding carboxylic acids is 1. The van der Waals surface area contributed by atoms with Gasteiger partial charge in [-0.3, -0.25) is 4.79 Å². The van der Waals surface area contributed by atoms with Crippen LogP contribution in [0.5, 0.6) is 0 Å². The molecule has 5 nitrogen and oxygen atoms in total. The number of carbonyl (C=O) groups is 1. The molecule has 24 heavy (non-hydrogen) atoms. The van der Waals surface area contributed by atoms with Crippen LogP contribution in [0.25, 0.3) is 0 Å². The number of amides is 1. The molecule has 1 saturated heterocycles. The molecule has 128 valence electrons. The van der Waals surface area contributed by atoms with Gasteiger partial charge in [0.25, 0.3) is 0 Å². The van der Waals surface area contributed by atoms with E-state index in [2.05, 4.69) is 42.2 Å². The smallest absolute Gasteiger partial charge is 0.232 e. The van der Waals surface area contributed by atoms with Crippen LogP contribution in [0, 0.1) is 13.8 Å². The maximum Gasteiger partial charge on any atom is 0.232 e. The predicted molar refractivity (Wildman–Crippen MR) is 94.0 cm³/mol. The number of hydrogen-bond donors (Lipinski definition) is 0. The summed E-state index contributed by atoms with van der Waals surface area (Å²) in [5.74, 6) is 2.13. The van der Waals surface area contributed by atoms with E-state index >= 15 is 0 Å². The molecule has 0 aliphatic carbocycles. The van der Waals surface area contributed by atoms with Crippen molar-refractivity contribution in [1.82, 2.24) is 15.0 Å². The Balaban J connectivity index is 1.64. The summed E-state index contributed by atoms with van der Waals surface area (Å²) in [6.07, 6.45) is 0.462. The van der Waals surface area contributed by atoms with Gasteiger partial charge in [0.1, 0.15) is 0 Å². The van der Waals surface area contributed by atoms with Gasteiger partial charge in [0.05, 0.1) is 11.7 Å². The fraction of sp³-hybridized carbons (Fsp3) is 0.500. The van der Waals surface area contributed by atoms with E-state index < -0.39 is 0 Å². The minimum atomic E-state index is 0.0202. The van der Waals surface area contributed by atoms with Crippen molar-refractivity contribution in [2.45, 2.75) is 56.7 Å². The first-order chi connectivity index (χ1) is 11.4. The van der Waals surface area contributed by atoms with Crippen LogP contribution in [0.1, 0.15) is 49.0 Å². The van der Waals surface area contributed by atoms with Crippen LogP contribution in [0.2, 0.25) is 0 Å². The summed E-state index contributed by atoms with van der Waals surface area (Å²) in [5.41, 5.74) is 2.50. The first-order valence-corrected chi connectivity index (χ1v) is 9.24. The van der Waals surface area contributed by atoms with E-state index in [1.165, 1.54) is 16.0 Å². The van der Waals surface area contributed by atoms with Gasteiger partial charge in [-0.05, 0) is 39.3 Å². The SMILES string of the molecule is Cc1ccc(C)c(SCc2noc([C@H]3CC(=O)N(C(C)C)C3)n2)c1. The number of rotatable bonds is 5. The van der Waals surface area contributed by atoms with Crippen molar-refractivity contribution in [2.24, 2.45) is 0 Å². The van der Waals surface area contributed by atoms with Gasteiger partial charge >= 0.3 is 0 Å². The maximum absolute atomic E-state index is 12.0. The van der Waals surface area contributed by atoms with Crippen LogP contribution in [-0.2, 0) is 10.5 Å². The highest BCUT2D eigenvalue weighted by Gasteiger charge is 2.35. The fourth-order valence-electron chi connectivity index (χ4n) is 2.89. The Morgan fingerprint density at radius 2 is 2.17 bits per heavy atom. The average Bonchev–Trinajstić information content (AvgIpc) is 3.14. The molecule has 0 radical (unpaired) electrons. The molecule has 1 aliphatic heterocycles. The molecule has 1 aliphatic rings. The fourth-order valence-corrected chi connectivity index (χ4v) is 3.86. The summed E-state index contributed by atoms with van der Waals surface area (Å²) < 4.78 is 5.41. The van der Waals surface area contributed by atoms with Crippen molar-refractivity contribution in [3.8, 4) is 0 Å². The van der Waals surface area contributed by atoms with E-state index in [4.69, 9.17) is 4.52 Å². The lowest BCUT2D eigenvalue weighted by atomic mass is 10.1. The molecule has 1 amide bonds. The minimum absolute atomic E-state index is 0.0202. The normalized spacial score (nSPS) is 18.0. The highest BCUT2D eigenvalue weighted by Crippen LogP contribution is 2.30. The number of hydrogen-bond acceptors (Lipinski definition) is 5. The lowest BCUT2D eigenvalue weighted by Gasteiger charge is -2.20. The largest absolute Gasteiger partial charge is 0.339 e. The van der Waals surface area contributed by atoms with Crippen LogP contribution >= 0.6 is 11.8 Å². The number of likely N-dealkylation sites (tertiary alicyclic amines) is 1. The van der Waals surface area contributed by atoms with Crippen LogP contribution in [0.3, 0.4) is 0 Å². The van der Waals surface area contributed by atoms with Crippen LogP contribution in [0.15, 0.2) is 27.6 Å². The van der Waals surface area contributed by atoms with Crippen LogP contribution in [0.4, 0.5) is 0 Å². The molecule has 0 bridgehead atoms. The molecule has 0 unspecified atom stereocenters. The van der Waals surface area contributed by atoms with Crippen molar-refractivity contribution in [1.29, 1.82) is 0 Å². The zero-order valence-electron chi connectivity index (χ0n) is 14.6. The average molecular weight is 345 g/mol. The Morgan fingerprint density at radius 1 is 1.38 bits per heavy atom. The Morgan fingerprint density at radius 3 is 2.88 bits per heavy atom. The van der Waals surface area contributed by atoms with Crippen molar-refractivity contribution >= 4 is 17.7 Å². The molecular formula is C18H23N3O2S. The summed E-state index contributed by atoms with van der Waals surface area (Å²) in [5, 5.41) is 4.09. The first kappa shape index (κ1) is 17.0. The molecule has 0 saturated carbocycles. The van der Waals surface area contributed by atoms with Gasteiger partial charge in [0.15, 0.2) is 5.82 Å². The molecule has 1 aromatic carbocycles. The van der Waals surface area contributed by atoms with E-state index in [0.717, 1.165) is 0 Å². The summed E-state index contributed by atoms with van der Waals surface area (Å²) >= 11 is 1.71. The van der Waals surface area contributed by atoms with E-state index in [9.17, 15) is 4.79 Å². The lowest BCUT2D eigenvalue weighted by Crippen LogP contribution is -2.31. The molecule has 6 heteroatoms. The van der Waals surface area contributed by atoms with E-state index in [-0.39, 0.29) is 17.9 Å². The maximum atomic E-state index is 12.0. The van der Waals surface area contributed by atoms with Crippen molar-refractivity contribution in [3.63, 3.8) is 0 Å². The van der Waals surface area contributed by atoms with Crippen molar-refractivity contribution in [2.75, 3.05) is 6.54 Å². The molecule has 1 aromatic heterocycles. The van der Waals surface area contributed by atoms with Gasteiger partial charge in [-0.25, -0.2) is 0 Å². The zero-order chi connectivity index (χ0) is 17.3. The topological polar surface area (TPSA) is 59.2 Å². The highest BCUT2D eigenvalue weighted by molar-refractivity contribution is 7.98. The molecule has 2 aromatic rings. The Bertz CT molecular complexity index is 742. The van der Waals surface area contributed by atoms with E-state index in [1.54, 1.807) is 11.8 Å². The first-order valence-electron chi connectivity index (χ1n) is 8.26. The molecule has 3 rings (SSSR count). The Hall–Kier alpha value is -1.82. The van der Waals surface area contributed by atoms with Crippen LogP contribution in [-0.4, -0.2) is 33.5 Å². The number of benzene rings is 1. The standard InChI is InChI=1S/C18H23N3O2S/c1-11(2)21-9-14(8-17(21)22)18-19-16(20-23-18)10-24-15-7-12(3)5-6-13(15)4/h5-7,11,14H,8-10H2,1-4H3/t14-/m0/s1. The van der Waals surface area contributed by atoms with Gasteiger partial charge in [0.2, 0.25) is 11.8 Å². The van der Waals surface area contributed by atoms with E-state index in [0.29, 0.717) is 30.4 Å². The van der Waals surface area contributed by atoms with Crippen molar-refractivity contribution in [3.05, 3.63) is 41.0 Å². The summed E-state index contributed by atoms with van der Waals surface area (Å²) in [6, 6.07) is 6.63. The second kappa shape index (κ2) is 6.97. The minimum Gasteiger partial charge on any atom is -0.339 e. The Labute approximate surface area is 146 Å². The third-order valence-electron chi connectivity index (χ3n) is 4.32. The van der Waals surface area contributed by atoms with Gasteiger partial charge in [-0.15, -0.1) is 11.8 Å². The number of aryl methyl sites for hydroxylation is 2. The highest BCUT2D eigenvalue weighted by atomic mass is 32.2. The number of nitrogens with zero attached hydrogens (tertiary/aromatic N) is 3. The summed E-state index contributed by atoms with van der Waals surface area (Å²) in [4.78, 5) is 19.6. The van der Waals surface area contributed by atoms with Crippen LogP contribution < -0.4 is 0 Å². The molecule has 0 spiro atoms. The predicted octanol–water partition coefficient (Wildman–Crippen LogP) is 3.70. The molecule has 1 atom stereocenters. The quantitative estimate of drug-likeness (QED) is 0.773. The molecular weight excluding hydrogens is 322 g/mol. The van der Waals surface area contributed by atoms with E-state index in [1.807, 2.05) is 18.7 Å². The molecule has 1 fully saturated rings. The third kappa shape index (κ3) is 3.64. The molecule has 2 heterocycles. The van der Waals surface area contributed by atoms with Gasteiger partial charge in [-0.1, -0.05) is 22.9 Å². The van der Waals surface area contributed by atoms with Crippen molar-refractivity contribution < 1.29 is 9.32 Å². The third-order valence-corrected chi connectivity index (χ3v) is 5.47. The monoisotopic (exact) mass is 345 g/mol. The second-order valence-corrected chi connectivity index (χ2v) is 7.66. The van der Waals surface area contributed by atoms with Gasteiger partial charge in [-0.2, -0.15) is 4.98 Å². The lowest BCUT2D eigenvalue weighted by molar-refractivity contribution is -0.129. The van der Waals surface area contributed by atoms with Gasteiger partial charge < -0.3 is 9.42 Å². The molecule has 0 N–H and O–H groups in total. The van der Waals surface area contributed by atoms with Gasteiger partial charge in [0, 0.05) is 23.9 Å². The number of thioether (sulfide) groups is 1. The summed E-state index contributed by atoms with van der Waals surface area (Å²) in [6.45, 7) is 8.92. The number of aromatic nitrogens is 2. The summed E-state index contributed by atoms with van der Waals surface area (Å²) in [7, 11) is 0.